The van der Waals surface area contributed by atoms with Crippen molar-refractivity contribution >= 4 is 11.8 Å². The summed E-state index contributed by atoms with van der Waals surface area (Å²) in [6.45, 7) is 3.41. The Morgan fingerprint density at radius 1 is 1.30 bits per heavy atom. The van der Waals surface area contributed by atoms with Crippen molar-refractivity contribution in [3.05, 3.63) is 47.3 Å². The third-order valence-electron chi connectivity index (χ3n) is 3.07. The topological polar surface area (TPSA) is 47.3 Å². The van der Waals surface area contributed by atoms with Gasteiger partial charge in [-0.05, 0) is 12.5 Å². The third kappa shape index (κ3) is 3.85. The molecule has 0 atom stereocenters. The fourth-order valence-electron chi connectivity index (χ4n) is 1.89. The molecule has 0 unspecified atom stereocenters. The normalized spacial score (nSPS) is 10.9. The van der Waals surface area contributed by atoms with E-state index in [4.69, 9.17) is 4.74 Å². The maximum Gasteiger partial charge on any atom is 0.168 e. The van der Waals surface area contributed by atoms with Crippen molar-refractivity contribution in [2.75, 3.05) is 13.7 Å². The van der Waals surface area contributed by atoms with Crippen molar-refractivity contribution in [3.63, 3.8) is 0 Å². The molecule has 2 aromatic rings. The van der Waals surface area contributed by atoms with Crippen molar-refractivity contribution in [1.82, 2.24) is 9.55 Å². The molecule has 0 radical (unpaired) electrons. The van der Waals surface area contributed by atoms with Gasteiger partial charge >= 0.3 is 0 Å². The van der Waals surface area contributed by atoms with E-state index in [1.165, 1.54) is 11.1 Å². The molecule has 5 heteroatoms. The van der Waals surface area contributed by atoms with Crippen molar-refractivity contribution in [3.8, 4) is 0 Å². The van der Waals surface area contributed by atoms with Gasteiger partial charge in [0.05, 0.1) is 25.1 Å². The predicted octanol–water partition coefficient (Wildman–Crippen LogP) is 2.62. The fourth-order valence-corrected chi connectivity index (χ4v) is 2.87. The molecular weight excluding hydrogens is 272 g/mol. The van der Waals surface area contributed by atoms with E-state index in [2.05, 4.69) is 36.2 Å². The first-order chi connectivity index (χ1) is 9.74. The Bertz CT molecular complexity index is 537. The third-order valence-corrected chi connectivity index (χ3v) is 4.13. The van der Waals surface area contributed by atoms with Crippen LogP contribution in [0.3, 0.4) is 0 Å². The summed E-state index contributed by atoms with van der Waals surface area (Å²) in [5.41, 5.74) is 3.36. The van der Waals surface area contributed by atoms with Crippen LogP contribution in [0.15, 0.2) is 35.6 Å². The van der Waals surface area contributed by atoms with Gasteiger partial charge in [-0.1, -0.05) is 41.6 Å². The highest BCUT2D eigenvalue weighted by atomic mass is 32.2. The maximum atomic E-state index is 9.34. The summed E-state index contributed by atoms with van der Waals surface area (Å²) >= 11 is 1.68. The summed E-state index contributed by atoms with van der Waals surface area (Å²) in [4.78, 5) is 4.38. The number of methoxy groups -OCH3 is 1. The second-order valence-electron chi connectivity index (χ2n) is 4.61. The van der Waals surface area contributed by atoms with Crippen LogP contribution in [-0.2, 0) is 23.6 Å². The van der Waals surface area contributed by atoms with Crippen LogP contribution < -0.4 is 0 Å². The summed E-state index contributed by atoms with van der Waals surface area (Å²) in [6.07, 6.45) is 1.73. The van der Waals surface area contributed by atoms with Gasteiger partial charge in [0.2, 0.25) is 0 Å². The minimum Gasteiger partial charge on any atom is -0.390 e. The minimum absolute atomic E-state index is 0.00179. The van der Waals surface area contributed by atoms with Gasteiger partial charge in [-0.25, -0.2) is 4.98 Å². The number of rotatable bonds is 7. The Morgan fingerprint density at radius 2 is 2.05 bits per heavy atom. The lowest BCUT2D eigenvalue weighted by Crippen LogP contribution is -2.09. The van der Waals surface area contributed by atoms with E-state index in [0.29, 0.717) is 13.2 Å². The van der Waals surface area contributed by atoms with Crippen LogP contribution in [0.2, 0.25) is 0 Å². The van der Waals surface area contributed by atoms with Gasteiger partial charge in [-0.15, -0.1) is 0 Å². The monoisotopic (exact) mass is 292 g/mol. The molecule has 0 saturated carbocycles. The average molecular weight is 292 g/mol. The van der Waals surface area contributed by atoms with Gasteiger partial charge < -0.3 is 14.4 Å². The molecule has 4 nitrogen and oxygen atoms in total. The molecule has 0 aliphatic heterocycles. The summed E-state index contributed by atoms with van der Waals surface area (Å²) in [7, 11) is 1.68. The Morgan fingerprint density at radius 3 is 2.70 bits per heavy atom. The standard InChI is InChI=1S/C15H20N2O2S/c1-12-3-5-13(6-4-12)11-20-15-16-9-14(10-18)17(15)7-8-19-2/h3-6,9,18H,7-8,10-11H2,1-2H3. The van der Waals surface area contributed by atoms with E-state index < -0.39 is 0 Å². The molecule has 20 heavy (non-hydrogen) atoms. The van der Waals surface area contributed by atoms with Crippen molar-refractivity contribution in [2.24, 2.45) is 0 Å². The summed E-state index contributed by atoms with van der Waals surface area (Å²) in [5, 5.41) is 10.3. The number of benzene rings is 1. The van der Waals surface area contributed by atoms with Crippen LogP contribution in [0.1, 0.15) is 16.8 Å². The highest BCUT2D eigenvalue weighted by Crippen LogP contribution is 2.23. The molecule has 2 rings (SSSR count). The molecule has 0 fully saturated rings. The molecule has 1 N–H and O–H groups in total. The average Bonchev–Trinajstić information content (AvgIpc) is 2.86. The molecule has 0 bridgehead atoms. The summed E-state index contributed by atoms with van der Waals surface area (Å²) < 4.78 is 7.12. The van der Waals surface area contributed by atoms with Crippen LogP contribution in [0.4, 0.5) is 0 Å². The number of nitrogens with zero attached hydrogens (tertiary/aromatic N) is 2. The molecule has 1 aromatic heterocycles. The van der Waals surface area contributed by atoms with Crippen LogP contribution in [0.25, 0.3) is 0 Å². The molecule has 0 spiro atoms. The van der Waals surface area contributed by atoms with Gasteiger partial charge in [-0.2, -0.15) is 0 Å². The van der Waals surface area contributed by atoms with E-state index in [1.54, 1.807) is 25.1 Å². The van der Waals surface area contributed by atoms with Crippen molar-refractivity contribution in [1.29, 1.82) is 0 Å². The highest BCUT2D eigenvalue weighted by Gasteiger charge is 2.09. The number of thioether (sulfide) groups is 1. The second kappa shape index (κ2) is 7.47. The van der Waals surface area contributed by atoms with E-state index in [9.17, 15) is 5.11 Å². The lowest BCUT2D eigenvalue weighted by atomic mass is 10.2. The Labute approximate surface area is 123 Å². The number of aliphatic hydroxyl groups is 1. The largest absolute Gasteiger partial charge is 0.390 e. The number of imidazole rings is 1. The van der Waals surface area contributed by atoms with Crippen LogP contribution in [0, 0.1) is 6.92 Å². The molecule has 0 aliphatic carbocycles. The molecular formula is C15H20N2O2S. The first-order valence-corrected chi connectivity index (χ1v) is 7.55. The zero-order valence-electron chi connectivity index (χ0n) is 11.9. The number of aryl methyl sites for hydroxylation is 1. The van der Waals surface area contributed by atoms with E-state index >= 15 is 0 Å². The fraction of sp³-hybridized carbons (Fsp3) is 0.400. The first-order valence-electron chi connectivity index (χ1n) is 6.57. The van der Waals surface area contributed by atoms with Crippen molar-refractivity contribution in [2.45, 2.75) is 31.0 Å². The molecule has 1 aromatic carbocycles. The van der Waals surface area contributed by atoms with Gasteiger partial charge in [0.1, 0.15) is 0 Å². The summed E-state index contributed by atoms with van der Waals surface area (Å²) in [6, 6.07) is 8.51. The van der Waals surface area contributed by atoms with Gasteiger partial charge in [0, 0.05) is 19.4 Å². The van der Waals surface area contributed by atoms with E-state index in [0.717, 1.165) is 16.6 Å². The van der Waals surface area contributed by atoms with Gasteiger partial charge in [-0.3, -0.25) is 0 Å². The molecule has 0 aliphatic rings. The highest BCUT2D eigenvalue weighted by molar-refractivity contribution is 7.98. The number of aliphatic hydroxyl groups excluding tert-OH is 1. The predicted molar refractivity (Wildman–Crippen MR) is 80.8 cm³/mol. The zero-order chi connectivity index (χ0) is 14.4. The molecule has 0 amide bonds. The molecule has 0 saturated heterocycles. The summed E-state index contributed by atoms with van der Waals surface area (Å²) in [5.74, 6) is 0.870. The van der Waals surface area contributed by atoms with Gasteiger partial charge in [0.15, 0.2) is 5.16 Å². The maximum absolute atomic E-state index is 9.34. The molecule has 108 valence electrons. The minimum atomic E-state index is 0.00179. The molecule has 1 heterocycles. The van der Waals surface area contributed by atoms with E-state index in [-0.39, 0.29) is 6.61 Å². The number of aromatic nitrogens is 2. The Hall–Kier alpha value is -1.30. The lowest BCUT2D eigenvalue weighted by molar-refractivity contribution is 0.180. The second-order valence-corrected chi connectivity index (χ2v) is 5.55. The van der Waals surface area contributed by atoms with Crippen LogP contribution in [-0.4, -0.2) is 28.4 Å². The van der Waals surface area contributed by atoms with Gasteiger partial charge in [0.25, 0.3) is 0 Å². The quantitative estimate of drug-likeness (QED) is 0.797. The lowest BCUT2D eigenvalue weighted by Gasteiger charge is -2.10. The SMILES string of the molecule is COCCn1c(CO)cnc1SCc1ccc(C)cc1. The number of hydrogen-bond acceptors (Lipinski definition) is 4. The van der Waals surface area contributed by atoms with Crippen LogP contribution in [0.5, 0.6) is 0 Å². The smallest absolute Gasteiger partial charge is 0.168 e. The Balaban J connectivity index is 2.04. The first kappa shape index (κ1) is 15.1. The van der Waals surface area contributed by atoms with Crippen LogP contribution >= 0.6 is 11.8 Å². The Kier molecular flexibility index (Phi) is 5.64. The number of hydrogen-bond donors (Lipinski definition) is 1. The van der Waals surface area contributed by atoms with Crippen molar-refractivity contribution < 1.29 is 9.84 Å². The van der Waals surface area contributed by atoms with E-state index in [1.807, 2.05) is 4.57 Å². The number of ether oxygens (including phenoxy) is 1. The zero-order valence-corrected chi connectivity index (χ0v) is 12.7.